The zero-order chi connectivity index (χ0) is 26.5. The van der Waals surface area contributed by atoms with Crippen LogP contribution in [-0.4, -0.2) is 43.1 Å². The van der Waals surface area contributed by atoms with Gasteiger partial charge in [0.1, 0.15) is 12.8 Å². The minimum absolute atomic E-state index is 0.0353. The molecule has 0 aliphatic heterocycles. The Morgan fingerprint density at radius 3 is 1.68 bits per heavy atom. The van der Waals surface area contributed by atoms with Gasteiger partial charge in [-0.15, -0.1) is 0 Å². The van der Waals surface area contributed by atoms with Gasteiger partial charge in [0.05, 0.1) is 6.04 Å². The van der Waals surface area contributed by atoms with Crippen LogP contribution in [0.15, 0.2) is 91.0 Å². The van der Waals surface area contributed by atoms with Gasteiger partial charge in [0.25, 0.3) is 0 Å². The summed E-state index contributed by atoms with van der Waals surface area (Å²) in [6.45, 7) is 1.10. The summed E-state index contributed by atoms with van der Waals surface area (Å²) >= 11 is 0. The van der Waals surface area contributed by atoms with Gasteiger partial charge in [0.2, 0.25) is 0 Å². The SMILES string of the molecule is COP(=O)(CC(=O)[C@H](CCC(=O)OCc1ccccc1)N(Cc1ccccc1)Cc1ccccc1)OC. The second kappa shape index (κ2) is 14.6. The molecule has 0 bridgehead atoms. The van der Waals surface area contributed by atoms with Gasteiger partial charge in [-0.05, 0) is 23.1 Å². The summed E-state index contributed by atoms with van der Waals surface area (Å²) < 4.78 is 28.4. The molecule has 37 heavy (non-hydrogen) atoms. The van der Waals surface area contributed by atoms with Crippen LogP contribution in [0.3, 0.4) is 0 Å². The van der Waals surface area contributed by atoms with Crippen molar-refractivity contribution in [2.24, 2.45) is 0 Å². The first-order chi connectivity index (χ1) is 17.9. The predicted molar refractivity (Wildman–Crippen MR) is 143 cm³/mol. The van der Waals surface area contributed by atoms with Gasteiger partial charge in [0.15, 0.2) is 5.78 Å². The Balaban J connectivity index is 1.81. The zero-order valence-corrected chi connectivity index (χ0v) is 22.2. The molecule has 3 aromatic rings. The van der Waals surface area contributed by atoms with Crippen molar-refractivity contribution in [1.82, 2.24) is 4.90 Å². The number of rotatable bonds is 15. The summed E-state index contributed by atoms with van der Waals surface area (Å²) in [7, 11) is -1.06. The van der Waals surface area contributed by atoms with E-state index < -0.39 is 19.6 Å². The number of hydrogen-bond acceptors (Lipinski definition) is 7. The lowest BCUT2D eigenvalue weighted by molar-refractivity contribution is -0.145. The highest BCUT2D eigenvalue weighted by molar-refractivity contribution is 7.54. The first kappa shape index (κ1) is 28.5. The third-order valence-electron chi connectivity index (χ3n) is 6.04. The van der Waals surface area contributed by atoms with Crippen molar-refractivity contribution >= 4 is 19.3 Å². The lowest BCUT2D eigenvalue weighted by Gasteiger charge is -2.31. The second-order valence-corrected chi connectivity index (χ2v) is 10.9. The fraction of sp³-hybridized carbons (Fsp3) is 0.310. The van der Waals surface area contributed by atoms with E-state index in [0.717, 1.165) is 16.7 Å². The number of hydrogen-bond donors (Lipinski definition) is 0. The van der Waals surface area contributed by atoms with E-state index in [4.69, 9.17) is 13.8 Å². The van der Waals surface area contributed by atoms with E-state index >= 15 is 0 Å². The quantitative estimate of drug-likeness (QED) is 0.188. The molecule has 0 aliphatic rings. The maximum absolute atomic E-state index is 13.6. The van der Waals surface area contributed by atoms with E-state index in [-0.39, 0.29) is 31.4 Å². The Bertz CT molecular complexity index is 1110. The van der Waals surface area contributed by atoms with Crippen LogP contribution in [0, 0.1) is 0 Å². The molecular formula is C29H34NO6P. The molecule has 0 amide bonds. The Labute approximate surface area is 218 Å². The Hall–Kier alpha value is -3.09. The average molecular weight is 524 g/mol. The lowest BCUT2D eigenvalue weighted by Crippen LogP contribution is -2.42. The molecule has 0 radical (unpaired) electrons. The summed E-state index contributed by atoms with van der Waals surface area (Å²) in [4.78, 5) is 28.2. The fourth-order valence-corrected chi connectivity index (χ4v) is 5.02. The maximum Gasteiger partial charge on any atom is 0.337 e. The number of carbonyl (C=O) groups excluding carboxylic acids is 2. The van der Waals surface area contributed by atoms with E-state index in [9.17, 15) is 14.2 Å². The number of esters is 1. The number of Topliss-reactive ketones (excluding diaryl/α,β-unsaturated/α-hetero) is 1. The molecule has 0 saturated carbocycles. The number of benzene rings is 3. The molecule has 8 heteroatoms. The standard InChI is InChI=1S/C29H34NO6P/c1-34-37(33,35-2)23-28(31)27(18-19-29(32)36-22-26-16-10-5-11-17-26)30(20-24-12-6-3-7-13-24)21-25-14-8-4-9-15-25/h3-17,27H,18-23H2,1-2H3/t27-/m0/s1. The van der Waals surface area contributed by atoms with Crippen LogP contribution in [0.5, 0.6) is 0 Å². The molecule has 3 aromatic carbocycles. The maximum atomic E-state index is 13.6. The summed E-state index contributed by atoms with van der Waals surface area (Å²) in [6, 6.07) is 28.3. The molecule has 196 valence electrons. The van der Waals surface area contributed by atoms with Crippen LogP contribution in [0.4, 0.5) is 0 Å². The molecule has 0 fully saturated rings. The van der Waals surface area contributed by atoms with Gasteiger partial charge in [0, 0.05) is 33.7 Å². The number of ketones is 1. The third kappa shape index (κ3) is 9.38. The van der Waals surface area contributed by atoms with Crippen molar-refractivity contribution in [2.75, 3.05) is 20.4 Å². The van der Waals surface area contributed by atoms with Crippen LogP contribution in [0.2, 0.25) is 0 Å². The number of ether oxygens (including phenoxy) is 1. The van der Waals surface area contributed by atoms with E-state index in [2.05, 4.69) is 0 Å². The van der Waals surface area contributed by atoms with Crippen LogP contribution < -0.4 is 0 Å². The highest BCUT2D eigenvalue weighted by Crippen LogP contribution is 2.46. The number of nitrogens with zero attached hydrogens (tertiary/aromatic N) is 1. The van der Waals surface area contributed by atoms with Gasteiger partial charge in [-0.1, -0.05) is 91.0 Å². The number of carbonyl (C=O) groups is 2. The summed E-state index contributed by atoms with van der Waals surface area (Å²) in [5.41, 5.74) is 2.92. The fourth-order valence-electron chi connectivity index (χ4n) is 4.02. The normalized spacial score (nSPS) is 12.3. The molecule has 0 heterocycles. The Kier molecular flexibility index (Phi) is 11.2. The second-order valence-electron chi connectivity index (χ2n) is 8.68. The average Bonchev–Trinajstić information content (AvgIpc) is 2.93. The molecule has 7 nitrogen and oxygen atoms in total. The summed E-state index contributed by atoms with van der Waals surface area (Å²) in [6.07, 6.45) is -0.142. The highest BCUT2D eigenvalue weighted by Gasteiger charge is 2.34. The van der Waals surface area contributed by atoms with Crippen molar-refractivity contribution in [3.8, 4) is 0 Å². The van der Waals surface area contributed by atoms with Crippen LogP contribution in [0.25, 0.3) is 0 Å². The highest BCUT2D eigenvalue weighted by atomic mass is 31.2. The van der Waals surface area contributed by atoms with Crippen LogP contribution in [0.1, 0.15) is 29.5 Å². The summed E-state index contributed by atoms with van der Waals surface area (Å²) in [5, 5.41) is 0. The molecule has 1 atom stereocenters. The molecule has 0 N–H and O–H groups in total. The first-order valence-corrected chi connectivity index (χ1v) is 13.9. The topological polar surface area (TPSA) is 82.1 Å². The van der Waals surface area contributed by atoms with Crippen LogP contribution >= 0.6 is 7.60 Å². The lowest BCUT2D eigenvalue weighted by atomic mass is 10.0. The van der Waals surface area contributed by atoms with E-state index in [1.165, 1.54) is 14.2 Å². The molecule has 0 spiro atoms. The van der Waals surface area contributed by atoms with Crippen molar-refractivity contribution in [3.63, 3.8) is 0 Å². The predicted octanol–water partition coefficient (Wildman–Crippen LogP) is 5.64. The van der Waals surface area contributed by atoms with Gasteiger partial charge in [-0.3, -0.25) is 19.1 Å². The molecule has 3 rings (SSSR count). The van der Waals surface area contributed by atoms with Crippen molar-refractivity contribution < 1.29 is 27.9 Å². The smallest absolute Gasteiger partial charge is 0.337 e. The van der Waals surface area contributed by atoms with Gasteiger partial charge in [-0.2, -0.15) is 0 Å². The Morgan fingerprint density at radius 1 is 0.757 bits per heavy atom. The van der Waals surface area contributed by atoms with Gasteiger partial charge < -0.3 is 13.8 Å². The van der Waals surface area contributed by atoms with Crippen molar-refractivity contribution in [1.29, 1.82) is 0 Å². The first-order valence-electron chi connectivity index (χ1n) is 12.2. The van der Waals surface area contributed by atoms with E-state index in [1.807, 2.05) is 95.9 Å². The van der Waals surface area contributed by atoms with E-state index in [1.54, 1.807) is 0 Å². The van der Waals surface area contributed by atoms with Crippen LogP contribution in [-0.2, 0) is 47.6 Å². The minimum Gasteiger partial charge on any atom is -0.461 e. The van der Waals surface area contributed by atoms with Gasteiger partial charge >= 0.3 is 13.6 Å². The largest absolute Gasteiger partial charge is 0.461 e. The minimum atomic E-state index is -3.59. The molecule has 0 saturated heterocycles. The third-order valence-corrected chi connectivity index (χ3v) is 7.85. The van der Waals surface area contributed by atoms with Crippen molar-refractivity contribution in [3.05, 3.63) is 108 Å². The monoisotopic (exact) mass is 523 g/mol. The molecular weight excluding hydrogens is 489 g/mol. The zero-order valence-electron chi connectivity index (χ0n) is 21.3. The van der Waals surface area contributed by atoms with E-state index in [0.29, 0.717) is 13.1 Å². The molecule has 0 aromatic heterocycles. The molecule has 0 aliphatic carbocycles. The van der Waals surface area contributed by atoms with Crippen molar-refractivity contribution in [2.45, 2.75) is 38.6 Å². The molecule has 0 unspecified atom stereocenters. The Morgan fingerprint density at radius 2 is 1.22 bits per heavy atom. The van der Waals surface area contributed by atoms with Gasteiger partial charge in [-0.25, -0.2) is 0 Å². The summed E-state index contributed by atoms with van der Waals surface area (Å²) in [5.74, 6) is -0.711.